The summed E-state index contributed by atoms with van der Waals surface area (Å²) in [6.07, 6.45) is 1.99. The molecular weight excluding hydrogens is 233 g/mol. The number of nitrogens with zero attached hydrogens (tertiary/aromatic N) is 1. The summed E-state index contributed by atoms with van der Waals surface area (Å²) in [5.41, 5.74) is 2.86. The molecule has 0 amide bonds. The molecule has 0 fully saturated rings. The molecule has 0 bridgehead atoms. The van der Waals surface area contributed by atoms with E-state index in [1.807, 2.05) is 48.8 Å². The highest BCUT2D eigenvalue weighted by Crippen LogP contribution is 2.33. The van der Waals surface area contributed by atoms with Crippen molar-refractivity contribution in [3.63, 3.8) is 0 Å². The number of aryl methyl sites for hydroxylation is 1. The van der Waals surface area contributed by atoms with Crippen LogP contribution in [0.25, 0.3) is 6.08 Å². The zero-order valence-corrected chi connectivity index (χ0v) is 10.1. The highest BCUT2D eigenvalue weighted by atomic mass is 32.1. The molecule has 0 atom stereocenters. The Morgan fingerprint density at radius 2 is 1.94 bits per heavy atom. The highest BCUT2D eigenvalue weighted by molar-refractivity contribution is 7.10. The summed E-state index contributed by atoms with van der Waals surface area (Å²) in [6.45, 7) is 1.99. The fourth-order valence-electron chi connectivity index (χ4n) is 1.63. The molecule has 1 aromatic carbocycles. The van der Waals surface area contributed by atoms with Crippen molar-refractivity contribution >= 4 is 24.5 Å². The Labute approximate surface area is 104 Å². The standard InChI is InChI=1S/C12H10BNO2S/c1-9-12(17-8-14-9)6-7-13-15-10-4-2-3-5-11(10)16-13/h2-8H,1H3. The van der Waals surface area contributed by atoms with Crippen LogP contribution in [0.2, 0.25) is 0 Å². The third-order valence-corrected chi connectivity index (χ3v) is 3.42. The van der Waals surface area contributed by atoms with E-state index in [-0.39, 0.29) is 7.12 Å². The van der Waals surface area contributed by atoms with Gasteiger partial charge in [-0.05, 0) is 31.1 Å². The van der Waals surface area contributed by atoms with Crippen LogP contribution in [0.3, 0.4) is 0 Å². The largest absolute Gasteiger partial charge is 0.625 e. The number of hydrogen-bond acceptors (Lipinski definition) is 4. The minimum atomic E-state index is -0.339. The van der Waals surface area contributed by atoms with E-state index in [1.165, 1.54) is 0 Å². The predicted octanol–water partition coefficient (Wildman–Crippen LogP) is 2.96. The molecule has 0 N–H and O–H groups in total. The van der Waals surface area contributed by atoms with Crippen LogP contribution in [0, 0.1) is 6.92 Å². The molecular formula is C12H10BNO2S. The van der Waals surface area contributed by atoms with Gasteiger partial charge < -0.3 is 9.31 Å². The molecule has 0 unspecified atom stereocenters. The van der Waals surface area contributed by atoms with Crippen molar-refractivity contribution in [1.29, 1.82) is 0 Å². The van der Waals surface area contributed by atoms with Gasteiger partial charge in [0.2, 0.25) is 0 Å². The Morgan fingerprint density at radius 3 is 2.53 bits per heavy atom. The quantitative estimate of drug-likeness (QED) is 0.760. The maximum absolute atomic E-state index is 5.62. The zero-order chi connectivity index (χ0) is 11.7. The van der Waals surface area contributed by atoms with Gasteiger partial charge in [-0.1, -0.05) is 12.1 Å². The molecule has 0 aliphatic carbocycles. The first-order chi connectivity index (χ1) is 8.33. The van der Waals surface area contributed by atoms with Crippen LogP contribution in [-0.2, 0) is 0 Å². The van der Waals surface area contributed by atoms with Crippen molar-refractivity contribution in [3.8, 4) is 11.5 Å². The van der Waals surface area contributed by atoms with E-state index in [0.29, 0.717) is 0 Å². The van der Waals surface area contributed by atoms with Gasteiger partial charge in [0.05, 0.1) is 11.2 Å². The van der Waals surface area contributed by atoms with E-state index in [0.717, 1.165) is 22.1 Å². The Morgan fingerprint density at radius 1 is 1.24 bits per heavy atom. The van der Waals surface area contributed by atoms with Crippen LogP contribution in [0.4, 0.5) is 0 Å². The molecule has 17 heavy (non-hydrogen) atoms. The summed E-state index contributed by atoms with van der Waals surface area (Å²) in [6, 6.07) is 7.67. The summed E-state index contributed by atoms with van der Waals surface area (Å²) >= 11 is 1.61. The van der Waals surface area contributed by atoms with Crippen molar-refractivity contribution in [3.05, 3.63) is 46.3 Å². The summed E-state index contributed by atoms with van der Waals surface area (Å²) in [5.74, 6) is 3.49. The van der Waals surface area contributed by atoms with Gasteiger partial charge in [-0.3, -0.25) is 0 Å². The van der Waals surface area contributed by atoms with Crippen molar-refractivity contribution in [2.24, 2.45) is 0 Å². The lowest BCUT2D eigenvalue weighted by molar-refractivity contribution is 0.517. The fraction of sp³-hybridized carbons (Fsp3) is 0.0833. The molecule has 5 heteroatoms. The molecule has 1 aliphatic heterocycles. The van der Waals surface area contributed by atoms with Crippen molar-refractivity contribution in [2.75, 3.05) is 0 Å². The van der Waals surface area contributed by atoms with E-state index in [9.17, 15) is 0 Å². The van der Waals surface area contributed by atoms with Crippen LogP contribution < -0.4 is 9.31 Å². The van der Waals surface area contributed by atoms with Crippen LogP contribution in [0.5, 0.6) is 11.5 Å². The molecule has 0 saturated carbocycles. The van der Waals surface area contributed by atoms with Crippen LogP contribution in [0.1, 0.15) is 10.6 Å². The highest BCUT2D eigenvalue weighted by Gasteiger charge is 2.28. The zero-order valence-electron chi connectivity index (χ0n) is 9.29. The normalized spacial score (nSPS) is 13.6. The molecule has 3 rings (SSSR count). The van der Waals surface area contributed by atoms with E-state index < -0.39 is 0 Å². The average Bonchev–Trinajstić information content (AvgIpc) is 2.92. The Hall–Kier alpha value is -1.75. The lowest BCUT2D eigenvalue weighted by atomic mass is 9.90. The lowest BCUT2D eigenvalue weighted by Gasteiger charge is -1.97. The maximum atomic E-state index is 5.62. The first-order valence-electron chi connectivity index (χ1n) is 5.33. The van der Waals surface area contributed by atoms with Gasteiger partial charge >= 0.3 is 7.12 Å². The molecule has 0 saturated heterocycles. The SMILES string of the molecule is Cc1ncsc1C=CB1Oc2ccccc2O1. The van der Waals surface area contributed by atoms with Crippen molar-refractivity contribution < 1.29 is 9.31 Å². The lowest BCUT2D eigenvalue weighted by Crippen LogP contribution is -2.21. The molecule has 0 radical (unpaired) electrons. The van der Waals surface area contributed by atoms with Crippen LogP contribution >= 0.6 is 11.3 Å². The topological polar surface area (TPSA) is 31.4 Å². The number of benzene rings is 1. The van der Waals surface area contributed by atoms with Crippen LogP contribution in [0.15, 0.2) is 35.8 Å². The van der Waals surface area contributed by atoms with Gasteiger partial charge in [0, 0.05) is 4.88 Å². The Bertz CT molecular complexity index is 542. The molecule has 84 valence electrons. The number of aromatic nitrogens is 1. The number of hydrogen-bond donors (Lipinski definition) is 0. The molecule has 1 aromatic heterocycles. The summed E-state index contributed by atoms with van der Waals surface area (Å²) < 4.78 is 11.2. The molecule has 1 aliphatic rings. The number of para-hydroxylation sites is 2. The molecule has 2 aromatic rings. The van der Waals surface area contributed by atoms with Crippen LogP contribution in [-0.4, -0.2) is 12.1 Å². The van der Waals surface area contributed by atoms with Crippen molar-refractivity contribution in [2.45, 2.75) is 6.92 Å². The third kappa shape index (κ3) is 2.06. The van der Waals surface area contributed by atoms with Gasteiger partial charge in [-0.15, -0.1) is 11.3 Å². The van der Waals surface area contributed by atoms with Gasteiger partial charge in [-0.25, -0.2) is 4.98 Å². The monoisotopic (exact) mass is 243 g/mol. The Balaban J connectivity index is 1.74. The number of thiazole rings is 1. The Kier molecular flexibility index (Phi) is 2.61. The van der Waals surface area contributed by atoms with Gasteiger partial charge in [0.15, 0.2) is 0 Å². The van der Waals surface area contributed by atoms with E-state index in [1.54, 1.807) is 11.3 Å². The van der Waals surface area contributed by atoms with Gasteiger partial charge in [0.1, 0.15) is 11.5 Å². The number of rotatable bonds is 2. The smallest absolute Gasteiger partial charge is 0.520 e. The van der Waals surface area contributed by atoms with Gasteiger partial charge in [-0.2, -0.15) is 0 Å². The molecule has 2 heterocycles. The summed E-state index contributed by atoms with van der Waals surface area (Å²) in [4.78, 5) is 5.32. The average molecular weight is 243 g/mol. The molecule has 3 nitrogen and oxygen atoms in total. The minimum absolute atomic E-state index is 0.339. The summed E-state index contributed by atoms with van der Waals surface area (Å²) in [5, 5.41) is 0. The first-order valence-corrected chi connectivity index (χ1v) is 6.21. The second-order valence-electron chi connectivity index (χ2n) is 3.71. The van der Waals surface area contributed by atoms with E-state index in [4.69, 9.17) is 9.31 Å². The van der Waals surface area contributed by atoms with E-state index in [2.05, 4.69) is 4.98 Å². The fourth-order valence-corrected chi connectivity index (χ4v) is 2.34. The van der Waals surface area contributed by atoms with E-state index >= 15 is 0 Å². The second kappa shape index (κ2) is 4.26. The number of fused-ring (bicyclic) bond motifs is 1. The minimum Gasteiger partial charge on any atom is -0.520 e. The predicted molar refractivity (Wildman–Crippen MR) is 69.3 cm³/mol. The third-order valence-electron chi connectivity index (χ3n) is 2.52. The first kappa shape index (κ1) is 10.4. The van der Waals surface area contributed by atoms with Crippen molar-refractivity contribution in [1.82, 2.24) is 4.98 Å². The molecule has 0 spiro atoms. The van der Waals surface area contributed by atoms with Gasteiger partial charge in [0.25, 0.3) is 0 Å². The maximum Gasteiger partial charge on any atom is 0.625 e. The summed E-state index contributed by atoms with van der Waals surface area (Å²) in [7, 11) is -0.339. The second-order valence-corrected chi connectivity index (χ2v) is 4.60.